The summed E-state index contributed by atoms with van der Waals surface area (Å²) >= 11 is 0. The number of fused-ring (bicyclic) bond motifs is 1. The third kappa shape index (κ3) is 5.67. The van der Waals surface area contributed by atoms with E-state index in [1.165, 1.54) is 23.5 Å². The van der Waals surface area contributed by atoms with Gasteiger partial charge in [-0.3, -0.25) is 4.79 Å². The molecule has 1 amide bonds. The molecule has 3 aliphatic heterocycles. The SMILES string of the molecule is COc1cccc(S(=O)(=O)N2C[C@H](O)COC[C@H]3O[C@@H](CC(=O)N4CCOCC4)CC[C@@H]32)c1. The Bertz CT molecular complexity index is 921. The Morgan fingerprint density at radius 1 is 1.18 bits per heavy atom. The van der Waals surface area contributed by atoms with Crippen LogP contribution in [0, 0.1) is 0 Å². The fraction of sp³-hybridized carbons (Fsp3) is 0.682. The molecule has 4 rings (SSSR count). The van der Waals surface area contributed by atoms with E-state index in [2.05, 4.69) is 0 Å². The van der Waals surface area contributed by atoms with Crippen LogP contribution < -0.4 is 4.74 Å². The smallest absolute Gasteiger partial charge is 0.243 e. The van der Waals surface area contributed by atoms with Crippen LogP contribution in [0.25, 0.3) is 0 Å². The minimum absolute atomic E-state index is 0.00802. The molecule has 1 N–H and O–H groups in total. The fourth-order valence-corrected chi connectivity index (χ4v) is 6.36. The van der Waals surface area contributed by atoms with Crippen LogP contribution in [0.2, 0.25) is 0 Å². The zero-order valence-electron chi connectivity index (χ0n) is 18.8. The summed E-state index contributed by atoms with van der Waals surface area (Å²) in [7, 11) is -2.45. The van der Waals surface area contributed by atoms with E-state index in [0.717, 1.165) is 0 Å². The molecule has 1 aromatic carbocycles. The lowest BCUT2D eigenvalue weighted by atomic mass is 9.96. The van der Waals surface area contributed by atoms with Gasteiger partial charge in [0.05, 0.1) is 69.2 Å². The van der Waals surface area contributed by atoms with Gasteiger partial charge < -0.3 is 29.0 Å². The monoisotopic (exact) mass is 484 g/mol. The highest BCUT2D eigenvalue weighted by Crippen LogP contribution is 2.32. The molecule has 4 atom stereocenters. The van der Waals surface area contributed by atoms with Gasteiger partial charge in [0.25, 0.3) is 0 Å². The summed E-state index contributed by atoms with van der Waals surface area (Å²) in [5, 5.41) is 10.3. The maximum Gasteiger partial charge on any atom is 0.243 e. The van der Waals surface area contributed by atoms with Gasteiger partial charge in [-0.25, -0.2) is 8.42 Å². The maximum atomic E-state index is 13.6. The van der Waals surface area contributed by atoms with E-state index in [4.69, 9.17) is 18.9 Å². The van der Waals surface area contributed by atoms with E-state index in [-0.39, 0.29) is 43.1 Å². The largest absolute Gasteiger partial charge is 0.497 e. The van der Waals surface area contributed by atoms with Gasteiger partial charge >= 0.3 is 0 Å². The Hall–Kier alpha value is -1.76. The van der Waals surface area contributed by atoms with Crippen LogP contribution in [-0.2, 0) is 29.0 Å². The number of carbonyl (C=O) groups is 1. The van der Waals surface area contributed by atoms with Crippen molar-refractivity contribution in [2.45, 2.75) is 48.5 Å². The summed E-state index contributed by atoms with van der Waals surface area (Å²) in [5.41, 5.74) is 0. The van der Waals surface area contributed by atoms with Gasteiger partial charge in [0.15, 0.2) is 0 Å². The number of rotatable bonds is 5. The van der Waals surface area contributed by atoms with Gasteiger partial charge in [-0.15, -0.1) is 0 Å². The topological polar surface area (TPSA) is 115 Å². The second-order valence-electron chi connectivity index (χ2n) is 8.58. The number of methoxy groups -OCH3 is 1. The normalized spacial score (nSPS) is 29.6. The number of amides is 1. The van der Waals surface area contributed by atoms with Crippen molar-refractivity contribution < 1.29 is 37.3 Å². The number of aliphatic hydroxyl groups is 1. The minimum atomic E-state index is -3.93. The van der Waals surface area contributed by atoms with Crippen molar-refractivity contribution in [3.05, 3.63) is 24.3 Å². The summed E-state index contributed by atoms with van der Waals surface area (Å²) in [6, 6.07) is 5.78. The number of nitrogens with zero attached hydrogens (tertiary/aromatic N) is 2. The summed E-state index contributed by atoms with van der Waals surface area (Å²) in [4.78, 5) is 14.5. The third-order valence-corrected chi connectivity index (χ3v) is 8.23. The second-order valence-corrected chi connectivity index (χ2v) is 10.5. The predicted molar refractivity (Wildman–Crippen MR) is 117 cm³/mol. The summed E-state index contributed by atoms with van der Waals surface area (Å²) in [6.45, 7) is 2.28. The first-order valence-electron chi connectivity index (χ1n) is 11.3. The predicted octanol–water partition coefficient (Wildman–Crippen LogP) is 0.242. The Kier molecular flexibility index (Phi) is 7.87. The zero-order chi connectivity index (χ0) is 23.4. The van der Waals surface area contributed by atoms with Crippen molar-refractivity contribution in [1.29, 1.82) is 0 Å². The molecule has 0 radical (unpaired) electrons. The quantitative estimate of drug-likeness (QED) is 0.632. The molecule has 3 saturated heterocycles. The lowest BCUT2D eigenvalue weighted by Gasteiger charge is -2.43. The van der Waals surface area contributed by atoms with Crippen molar-refractivity contribution in [2.24, 2.45) is 0 Å². The van der Waals surface area contributed by atoms with Crippen molar-refractivity contribution >= 4 is 15.9 Å². The first-order valence-corrected chi connectivity index (χ1v) is 12.7. The maximum absolute atomic E-state index is 13.6. The van der Waals surface area contributed by atoms with Crippen LogP contribution in [-0.4, -0.2) is 106 Å². The second kappa shape index (κ2) is 10.7. The molecular weight excluding hydrogens is 452 g/mol. The Morgan fingerprint density at radius 2 is 1.97 bits per heavy atom. The molecule has 184 valence electrons. The summed E-state index contributed by atoms with van der Waals surface area (Å²) < 4.78 is 50.8. The van der Waals surface area contributed by atoms with Crippen LogP contribution in [0.4, 0.5) is 0 Å². The van der Waals surface area contributed by atoms with E-state index in [0.29, 0.717) is 44.9 Å². The first kappa shape index (κ1) is 24.4. The fourth-order valence-electron chi connectivity index (χ4n) is 4.60. The number of sulfonamides is 1. The average Bonchev–Trinajstić information content (AvgIpc) is 2.82. The number of aliphatic hydroxyl groups excluding tert-OH is 1. The first-order chi connectivity index (χ1) is 15.9. The molecule has 10 nitrogen and oxygen atoms in total. The lowest BCUT2D eigenvalue weighted by molar-refractivity contribution is -0.153. The molecule has 0 aliphatic carbocycles. The molecule has 3 fully saturated rings. The molecule has 0 spiro atoms. The number of ether oxygens (including phenoxy) is 4. The molecular formula is C22H32N2O8S. The standard InChI is InChI=1S/C22H32N2O8S/c1-29-17-3-2-4-19(11-17)33(27,28)24-13-16(25)14-31-15-21-20(24)6-5-18(32-21)12-22(26)23-7-9-30-10-8-23/h2-4,11,16,18,20-21,25H,5-10,12-15H2,1H3/t16-,18+,20-,21+/m0/s1. The molecule has 3 aliphatic rings. The number of morpholine rings is 1. The van der Waals surface area contributed by atoms with Crippen LogP contribution in [0.3, 0.4) is 0 Å². The molecule has 0 aromatic heterocycles. The van der Waals surface area contributed by atoms with Crippen molar-refractivity contribution in [3.8, 4) is 5.75 Å². The molecule has 1 aromatic rings. The highest BCUT2D eigenvalue weighted by atomic mass is 32.2. The highest BCUT2D eigenvalue weighted by molar-refractivity contribution is 7.89. The third-order valence-electron chi connectivity index (χ3n) is 6.35. The Labute approximate surface area is 194 Å². The van der Waals surface area contributed by atoms with Gasteiger partial charge in [-0.05, 0) is 25.0 Å². The van der Waals surface area contributed by atoms with E-state index < -0.39 is 28.3 Å². The van der Waals surface area contributed by atoms with Crippen molar-refractivity contribution in [3.63, 3.8) is 0 Å². The van der Waals surface area contributed by atoms with Gasteiger partial charge in [0, 0.05) is 25.7 Å². The van der Waals surface area contributed by atoms with Gasteiger partial charge in [-0.2, -0.15) is 4.31 Å². The molecule has 11 heteroatoms. The molecule has 0 bridgehead atoms. The number of benzene rings is 1. The molecule has 0 unspecified atom stereocenters. The van der Waals surface area contributed by atoms with Crippen LogP contribution in [0.5, 0.6) is 5.75 Å². The number of hydrogen-bond acceptors (Lipinski definition) is 8. The van der Waals surface area contributed by atoms with Crippen LogP contribution in [0.1, 0.15) is 19.3 Å². The number of β-amino-alcohol motifs (C(OH)–C–C–N with tert-alkyl or cyclic N) is 1. The van der Waals surface area contributed by atoms with Crippen molar-refractivity contribution in [1.82, 2.24) is 9.21 Å². The van der Waals surface area contributed by atoms with Gasteiger partial charge in [-0.1, -0.05) is 6.07 Å². The average molecular weight is 485 g/mol. The zero-order valence-corrected chi connectivity index (χ0v) is 19.6. The molecule has 0 saturated carbocycles. The minimum Gasteiger partial charge on any atom is -0.497 e. The summed E-state index contributed by atoms with van der Waals surface area (Å²) in [5.74, 6) is 0.454. The Balaban J connectivity index is 1.51. The van der Waals surface area contributed by atoms with E-state index in [1.54, 1.807) is 17.0 Å². The van der Waals surface area contributed by atoms with Gasteiger partial charge in [0.1, 0.15) is 5.75 Å². The van der Waals surface area contributed by atoms with Crippen molar-refractivity contribution in [2.75, 3.05) is 53.2 Å². The van der Waals surface area contributed by atoms with E-state index in [1.807, 2.05) is 0 Å². The van der Waals surface area contributed by atoms with Gasteiger partial charge in [0.2, 0.25) is 15.9 Å². The van der Waals surface area contributed by atoms with E-state index in [9.17, 15) is 18.3 Å². The number of carbonyl (C=O) groups excluding carboxylic acids is 1. The number of hydrogen-bond donors (Lipinski definition) is 1. The highest BCUT2D eigenvalue weighted by Gasteiger charge is 2.43. The molecule has 33 heavy (non-hydrogen) atoms. The van der Waals surface area contributed by atoms with E-state index >= 15 is 0 Å². The van der Waals surface area contributed by atoms with Crippen LogP contribution in [0.15, 0.2) is 29.2 Å². The molecule has 3 heterocycles. The Morgan fingerprint density at radius 3 is 2.73 bits per heavy atom. The van der Waals surface area contributed by atoms with Crippen LogP contribution >= 0.6 is 0 Å². The lowest BCUT2D eigenvalue weighted by Crippen LogP contribution is -2.57. The summed E-state index contributed by atoms with van der Waals surface area (Å²) in [6.07, 6.45) is -0.506.